The maximum atomic E-state index is 8.89. The lowest BCUT2D eigenvalue weighted by molar-refractivity contribution is 0.295. The molecule has 1 rings (SSSR count). The summed E-state index contributed by atoms with van der Waals surface area (Å²) >= 11 is 3.38. The van der Waals surface area contributed by atoms with Crippen LogP contribution in [0.5, 0.6) is 5.75 Å². The van der Waals surface area contributed by atoms with Crippen LogP contribution < -0.4 is 10.5 Å². The molecule has 0 radical (unpaired) electrons. The second-order valence-electron chi connectivity index (χ2n) is 5.02. The van der Waals surface area contributed by atoms with Crippen molar-refractivity contribution >= 4 is 21.6 Å². The van der Waals surface area contributed by atoms with Gasteiger partial charge in [-0.05, 0) is 45.2 Å². The van der Waals surface area contributed by atoms with Gasteiger partial charge in [0.25, 0.3) is 0 Å². The molecule has 98 valence electrons. The van der Waals surface area contributed by atoms with Crippen molar-refractivity contribution in [3.8, 4) is 11.8 Å². The number of benzene rings is 1. The van der Waals surface area contributed by atoms with Crippen molar-refractivity contribution in [3.05, 3.63) is 22.7 Å². The Kier molecular flexibility index (Phi) is 5.49. The molecule has 0 aliphatic rings. The first kappa shape index (κ1) is 14.8. The van der Waals surface area contributed by atoms with Crippen LogP contribution in [0.4, 0.5) is 5.69 Å². The minimum Gasteiger partial charge on any atom is -0.493 e. The van der Waals surface area contributed by atoms with Crippen LogP contribution in [0.15, 0.2) is 22.7 Å². The molecular formula is C14H19BrN2O. The van der Waals surface area contributed by atoms with Crippen LogP contribution >= 0.6 is 15.9 Å². The van der Waals surface area contributed by atoms with Gasteiger partial charge in [-0.15, -0.1) is 0 Å². The fourth-order valence-corrected chi connectivity index (χ4v) is 2.07. The first-order valence-electron chi connectivity index (χ1n) is 6.03. The van der Waals surface area contributed by atoms with Gasteiger partial charge in [-0.2, -0.15) is 5.26 Å². The van der Waals surface area contributed by atoms with Crippen molar-refractivity contribution in [1.29, 1.82) is 5.26 Å². The van der Waals surface area contributed by atoms with Crippen molar-refractivity contribution < 1.29 is 4.74 Å². The van der Waals surface area contributed by atoms with E-state index in [0.717, 1.165) is 29.5 Å². The molecule has 0 bridgehead atoms. The molecule has 0 saturated carbocycles. The molecule has 0 amide bonds. The van der Waals surface area contributed by atoms with Crippen molar-refractivity contribution in [1.82, 2.24) is 0 Å². The van der Waals surface area contributed by atoms with Gasteiger partial charge in [-0.25, -0.2) is 0 Å². The lowest BCUT2D eigenvalue weighted by Gasteiger charge is -2.14. The quantitative estimate of drug-likeness (QED) is 0.635. The number of nitrogen functional groups attached to an aromatic ring is 1. The number of nitrogens with zero attached hydrogens (tertiary/aromatic N) is 1. The van der Waals surface area contributed by atoms with Crippen LogP contribution in [-0.4, -0.2) is 6.61 Å². The highest BCUT2D eigenvalue weighted by Crippen LogP contribution is 2.24. The molecule has 0 fully saturated rings. The number of rotatable bonds is 6. The van der Waals surface area contributed by atoms with E-state index in [1.54, 1.807) is 0 Å². The van der Waals surface area contributed by atoms with Gasteiger partial charge < -0.3 is 10.5 Å². The summed E-state index contributed by atoms with van der Waals surface area (Å²) in [7, 11) is 0. The molecule has 0 unspecified atom stereocenters. The molecule has 18 heavy (non-hydrogen) atoms. The number of nitrogens with two attached hydrogens (primary N) is 1. The van der Waals surface area contributed by atoms with Crippen molar-refractivity contribution in [3.63, 3.8) is 0 Å². The summed E-state index contributed by atoms with van der Waals surface area (Å²) in [5, 5.41) is 8.89. The fraction of sp³-hybridized carbons (Fsp3) is 0.500. The number of halogens is 1. The van der Waals surface area contributed by atoms with Crippen molar-refractivity contribution in [2.45, 2.75) is 33.1 Å². The molecule has 0 aromatic heterocycles. The second kappa shape index (κ2) is 6.65. The first-order chi connectivity index (χ1) is 8.43. The maximum absolute atomic E-state index is 8.89. The number of hydrogen-bond acceptors (Lipinski definition) is 3. The number of anilines is 1. The van der Waals surface area contributed by atoms with E-state index in [1.807, 2.05) is 32.0 Å². The third-order valence-electron chi connectivity index (χ3n) is 2.66. The fourth-order valence-electron chi connectivity index (χ4n) is 1.58. The lowest BCUT2D eigenvalue weighted by Crippen LogP contribution is -2.08. The van der Waals surface area contributed by atoms with E-state index in [1.165, 1.54) is 0 Å². The predicted octanol–water partition coefficient (Wildman–Crippen LogP) is 4.13. The van der Waals surface area contributed by atoms with E-state index in [2.05, 4.69) is 22.0 Å². The van der Waals surface area contributed by atoms with E-state index in [9.17, 15) is 0 Å². The Labute approximate surface area is 117 Å². The standard InChI is InChI=1S/C14H19BrN2O/c1-14(2,10-16)5-3-4-6-18-13-8-11(15)7-12(17)9-13/h7-9H,3-6,17H2,1-2H3. The van der Waals surface area contributed by atoms with Gasteiger partial charge in [0.15, 0.2) is 0 Å². The number of ether oxygens (including phenoxy) is 1. The van der Waals surface area contributed by atoms with Crippen LogP contribution in [-0.2, 0) is 0 Å². The van der Waals surface area contributed by atoms with Crippen LogP contribution in [0.3, 0.4) is 0 Å². The van der Waals surface area contributed by atoms with Gasteiger partial charge in [-0.1, -0.05) is 15.9 Å². The third kappa shape index (κ3) is 5.42. The largest absolute Gasteiger partial charge is 0.493 e. The van der Waals surface area contributed by atoms with Gasteiger partial charge in [0.2, 0.25) is 0 Å². The lowest BCUT2D eigenvalue weighted by atomic mass is 9.89. The molecule has 0 saturated heterocycles. The summed E-state index contributed by atoms with van der Waals surface area (Å²) in [5.41, 5.74) is 6.17. The zero-order valence-electron chi connectivity index (χ0n) is 10.9. The molecule has 1 aromatic rings. The van der Waals surface area contributed by atoms with Crippen LogP contribution in [0.2, 0.25) is 0 Å². The van der Waals surface area contributed by atoms with Crippen molar-refractivity contribution in [2.75, 3.05) is 12.3 Å². The second-order valence-corrected chi connectivity index (χ2v) is 5.94. The Morgan fingerprint density at radius 1 is 1.33 bits per heavy atom. The van der Waals surface area contributed by atoms with E-state index < -0.39 is 0 Å². The monoisotopic (exact) mass is 310 g/mol. The minimum absolute atomic E-state index is 0.236. The highest BCUT2D eigenvalue weighted by atomic mass is 79.9. The molecule has 1 aromatic carbocycles. The SMILES string of the molecule is CC(C)(C#N)CCCCOc1cc(N)cc(Br)c1. The highest BCUT2D eigenvalue weighted by Gasteiger charge is 2.15. The topological polar surface area (TPSA) is 59.0 Å². The Morgan fingerprint density at radius 2 is 2.06 bits per heavy atom. The van der Waals surface area contributed by atoms with E-state index in [0.29, 0.717) is 12.3 Å². The molecule has 0 atom stereocenters. The Morgan fingerprint density at radius 3 is 2.67 bits per heavy atom. The molecular weight excluding hydrogens is 292 g/mol. The summed E-state index contributed by atoms with van der Waals surface area (Å²) < 4.78 is 6.54. The average molecular weight is 311 g/mol. The molecule has 0 aliphatic heterocycles. The van der Waals surface area contributed by atoms with Gasteiger partial charge in [0, 0.05) is 16.2 Å². The Hall–Kier alpha value is -1.21. The summed E-state index contributed by atoms with van der Waals surface area (Å²) in [6.45, 7) is 4.57. The maximum Gasteiger partial charge on any atom is 0.122 e. The Bertz CT molecular complexity index is 418. The van der Waals surface area contributed by atoms with Crippen molar-refractivity contribution in [2.24, 2.45) is 5.41 Å². The zero-order chi connectivity index (χ0) is 13.6. The normalized spacial score (nSPS) is 11.0. The third-order valence-corrected chi connectivity index (χ3v) is 3.12. The van der Waals surface area contributed by atoms with E-state index in [4.69, 9.17) is 15.7 Å². The zero-order valence-corrected chi connectivity index (χ0v) is 12.5. The first-order valence-corrected chi connectivity index (χ1v) is 6.82. The summed E-state index contributed by atoms with van der Waals surface area (Å²) in [6.07, 6.45) is 2.83. The minimum atomic E-state index is -0.236. The average Bonchev–Trinajstić information content (AvgIpc) is 2.27. The van der Waals surface area contributed by atoms with Gasteiger partial charge in [0.1, 0.15) is 5.75 Å². The predicted molar refractivity (Wildman–Crippen MR) is 77.3 cm³/mol. The van der Waals surface area contributed by atoms with E-state index >= 15 is 0 Å². The smallest absolute Gasteiger partial charge is 0.122 e. The molecule has 0 aliphatic carbocycles. The van der Waals surface area contributed by atoms with E-state index in [-0.39, 0.29) is 5.41 Å². The Balaban J connectivity index is 2.28. The van der Waals surface area contributed by atoms with Gasteiger partial charge >= 0.3 is 0 Å². The summed E-state index contributed by atoms with van der Waals surface area (Å²) in [5.74, 6) is 0.779. The highest BCUT2D eigenvalue weighted by molar-refractivity contribution is 9.10. The van der Waals surface area contributed by atoms with Crippen LogP contribution in [0.25, 0.3) is 0 Å². The molecule has 3 nitrogen and oxygen atoms in total. The summed E-state index contributed by atoms with van der Waals surface area (Å²) in [6, 6.07) is 7.84. The van der Waals surface area contributed by atoms with Gasteiger partial charge in [-0.3, -0.25) is 0 Å². The van der Waals surface area contributed by atoms with Gasteiger partial charge in [0.05, 0.1) is 18.1 Å². The number of unbranched alkanes of at least 4 members (excludes halogenated alkanes) is 1. The molecule has 4 heteroatoms. The number of hydrogen-bond donors (Lipinski definition) is 1. The number of nitriles is 1. The summed E-state index contributed by atoms with van der Waals surface area (Å²) in [4.78, 5) is 0. The van der Waals surface area contributed by atoms with Crippen LogP contribution in [0.1, 0.15) is 33.1 Å². The van der Waals surface area contributed by atoms with Crippen LogP contribution in [0, 0.1) is 16.7 Å². The molecule has 0 spiro atoms. The molecule has 0 heterocycles. The molecule has 2 N–H and O–H groups in total.